The summed E-state index contributed by atoms with van der Waals surface area (Å²) in [5.41, 5.74) is -0.572. The highest BCUT2D eigenvalue weighted by Gasteiger charge is 2.56. The predicted molar refractivity (Wildman–Crippen MR) is 104 cm³/mol. The quantitative estimate of drug-likeness (QED) is 0.788. The van der Waals surface area contributed by atoms with E-state index in [0.29, 0.717) is 18.0 Å². The second kappa shape index (κ2) is 7.18. The van der Waals surface area contributed by atoms with Crippen molar-refractivity contribution in [1.82, 2.24) is 14.1 Å². The maximum absolute atomic E-state index is 13.6. The van der Waals surface area contributed by atoms with Crippen molar-refractivity contribution in [3.05, 3.63) is 30.3 Å². The Hall–Kier alpha value is -1.44. The van der Waals surface area contributed by atoms with E-state index in [-0.39, 0.29) is 11.9 Å². The maximum atomic E-state index is 13.6. The maximum Gasteiger partial charge on any atom is 0.243 e. The third-order valence-corrected chi connectivity index (χ3v) is 8.50. The summed E-state index contributed by atoms with van der Waals surface area (Å²) in [6, 6.07) is 8.35. The molecule has 0 saturated carbocycles. The van der Waals surface area contributed by atoms with Gasteiger partial charge in [0.1, 0.15) is 0 Å². The van der Waals surface area contributed by atoms with E-state index in [1.54, 1.807) is 28.6 Å². The average molecular weight is 392 g/mol. The molecule has 3 aliphatic heterocycles. The minimum absolute atomic E-state index is 0.186. The number of piperidine rings is 2. The molecular formula is C20H29N3O3S. The van der Waals surface area contributed by atoms with Crippen LogP contribution in [0.2, 0.25) is 0 Å². The van der Waals surface area contributed by atoms with Gasteiger partial charge in [-0.1, -0.05) is 18.2 Å². The van der Waals surface area contributed by atoms with Crippen molar-refractivity contribution in [2.75, 3.05) is 39.8 Å². The van der Waals surface area contributed by atoms with Crippen LogP contribution in [-0.4, -0.2) is 74.2 Å². The molecule has 3 fully saturated rings. The van der Waals surface area contributed by atoms with Crippen LogP contribution in [0, 0.1) is 5.41 Å². The molecule has 2 atom stereocenters. The molecule has 3 heterocycles. The van der Waals surface area contributed by atoms with Gasteiger partial charge in [-0.3, -0.25) is 4.79 Å². The summed E-state index contributed by atoms with van der Waals surface area (Å²) in [6.45, 7) is 3.58. The van der Waals surface area contributed by atoms with Crippen LogP contribution in [0.25, 0.3) is 0 Å². The van der Waals surface area contributed by atoms with Crippen molar-refractivity contribution in [2.45, 2.75) is 43.0 Å². The molecule has 4 rings (SSSR count). The lowest BCUT2D eigenvalue weighted by Gasteiger charge is -2.53. The van der Waals surface area contributed by atoms with Crippen molar-refractivity contribution in [1.29, 1.82) is 0 Å². The zero-order valence-corrected chi connectivity index (χ0v) is 16.8. The van der Waals surface area contributed by atoms with E-state index in [0.717, 1.165) is 51.7 Å². The number of sulfonamides is 1. The Kier molecular flexibility index (Phi) is 5.03. The first kappa shape index (κ1) is 18.9. The monoisotopic (exact) mass is 391 g/mol. The average Bonchev–Trinajstić information content (AvgIpc) is 3.22. The number of amides is 1. The van der Waals surface area contributed by atoms with Gasteiger partial charge in [-0.25, -0.2) is 8.42 Å². The summed E-state index contributed by atoms with van der Waals surface area (Å²) in [5, 5.41) is 0. The molecule has 1 aromatic rings. The first-order valence-corrected chi connectivity index (χ1v) is 11.4. The Morgan fingerprint density at radius 2 is 1.70 bits per heavy atom. The fourth-order valence-corrected chi connectivity index (χ4v) is 6.83. The van der Waals surface area contributed by atoms with Crippen molar-refractivity contribution in [3.8, 4) is 0 Å². The Morgan fingerprint density at radius 3 is 2.41 bits per heavy atom. The van der Waals surface area contributed by atoms with Crippen LogP contribution in [0.15, 0.2) is 35.2 Å². The summed E-state index contributed by atoms with van der Waals surface area (Å²) in [6.07, 6.45) is 4.38. The zero-order chi connectivity index (χ0) is 19.1. The molecule has 0 bridgehead atoms. The smallest absolute Gasteiger partial charge is 0.243 e. The summed E-state index contributed by atoms with van der Waals surface area (Å²) < 4.78 is 28.5. The highest BCUT2D eigenvalue weighted by Crippen LogP contribution is 2.45. The van der Waals surface area contributed by atoms with E-state index in [9.17, 15) is 13.2 Å². The molecular weight excluding hydrogens is 362 g/mol. The molecule has 3 saturated heterocycles. The molecule has 27 heavy (non-hydrogen) atoms. The molecule has 1 amide bonds. The number of benzene rings is 1. The van der Waals surface area contributed by atoms with Gasteiger partial charge in [0, 0.05) is 26.2 Å². The number of likely N-dealkylation sites (tertiary alicyclic amines) is 2. The van der Waals surface area contributed by atoms with Crippen molar-refractivity contribution in [2.24, 2.45) is 5.41 Å². The molecule has 7 heteroatoms. The Morgan fingerprint density at radius 1 is 1.00 bits per heavy atom. The van der Waals surface area contributed by atoms with E-state index in [2.05, 4.69) is 4.90 Å². The molecule has 0 aliphatic carbocycles. The van der Waals surface area contributed by atoms with Gasteiger partial charge in [0.25, 0.3) is 0 Å². The highest BCUT2D eigenvalue weighted by atomic mass is 32.2. The number of carbonyl (C=O) groups excluding carboxylic acids is 1. The van der Waals surface area contributed by atoms with Gasteiger partial charge in [0.05, 0.1) is 16.4 Å². The molecule has 0 N–H and O–H groups in total. The topological polar surface area (TPSA) is 60.9 Å². The van der Waals surface area contributed by atoms with Crippen LogP contribution in [-0.2, 0) is 14.8 Å². The van der Waals surface area contributed by atoms with Crippen molar-refractivity contribution < 1.29 is 13.2 Å². The van der Waals surface area contributed by atoms with Crippen LogP contribution in [0.4, 0.5) is 0 Å². The zero-order valence-electron chi connectivity index (χ0n) is 16.0. The standard InChI is InChI=1S/C20H29N3O3S/c1-21-15-11-20(19(24)22-12-5-6-13-22)10-7-14-23(18(20)16-21)27(25,26)17-8-3-2-4-9-17/h2-4,8-9,18H,5-7,10-16H2,1H3/t18-,20+/m0/s1. The largest absolute Gasteiger partial charge is 0.342 e. The molecule has 1 aromatic carbocycles. The van der Waals surface area contributed by atoms with Gasteiger partial charge in [-0.05, 0) is 57.8 Å². The van der Waals surface area contributed by atoms with E-state index < -0.39 is 15.4 Å². The van der Waals surface area contributed by atoms with E-state index in [1.807, 2.05) is 18.0 Å². The van der Waals surface area contributed by atoms with Crippen molar-refractivity contribution >= 4 is 15.9 Å². The third kappa shape index (κ3) is 3.19. The Balaban J connectivity index is 1.72. The van der Waals surface area contributed by atoms with Gasteiger partial charge >= 0.3 is 0 Å². The molecule has 3 aliphatic rings. The number of fused-ring (bicyclic) bond motifs is 1. The summed E-state index contributed by atoms with van der Waals surface area (Å²) in [5.74, 6) is 0.186. The second-order valence-electron chi connectivity index (χ2n) is 8.22. The van der Waals surface area contributed by atoms with E-state index in [4.69, 9.17) is 0 Å². The van der Waals surface area contributed by atoms with E-state index in [1.165, 1.54) is 0 Å². The number of hydrogen-bond acceptors (Lipinski definition) is 4. The molecule has 0 radical (unpaired) electrons. The Labute approximate surface area is 162 Å². The molecule has 0 aromatic heterocycles. The van der Waals surface area contributed by atoms with Gasteiger partial charge in [0.15, 0.2) is 0 Å². The van der Waals surface area contributed by atoms with Gasteiger partial charge in [-0.15, -0.1) is 0 Å². The fraction of sp³-hybridized carbons (Fsp3) is 0.650. The van der Waals surface area contributed by atoms with E-state index >= 15 is 0 Å². The van der Waals surface area contributed by atoms with Gasteiger partial charge < -0.3 is 9.80 Å². The Bertz CT molecular complexity index is 792. The molecule has 0 spiro atoms. The van der Waals surface area contributed by atoms with Crippen LogP contribution in [0.1, 0.15) is 32.1 Å². The van der Waals surface area contributed by atoms with Gasteiger partial charge in [-0.2, -0.15) is 4.31 Å². The third-order valence-electron chi connectivity index (χ3n) is 6.58. The summed E-state index contributed by atoms with van der Waals surface area (Å²) in [4.78, 5) is 18.0. The lowest BCUT2D eigenvalue weighted by molar-refractivity contribution is -0.151. The predicted octanol–water partition coefficient (Wildman–Crippen LogP) is 1.78. The van der Waals surface area contributed by atoms with Crippen molar-refractivity contribution in [3.63, 3.8) is 0 Å². The minimum Gasteiger partial charge on any atom is -0.342 e. The first-order valence-electron chi connectivity index (χ1n) is 10.00. The van der Waals surface area contributed by atoms with Crippen LogP contribution in [0.5, 0.6) is 0 Å². The fourth-order valence-electron chi connectivity index (χ4n) is 5.09. The number of rotatable bonds is 3. The number of nitrogens with zero attached hydrogens (tertiary/aromatic N) is 3. The second-order valence-corrected chi connectivity index (χ2v) is 10.1. The SMILES string of the molecule is CN1CC[C@]2(C(=O)N3CCCC3)CCCN(S(=O)(=O)c3ccccc3)[C@H]2C1. The van der Waals surface area contributed by atoms with Crippen LogP contribution >= 0.6 is 0 Å². The van der Waals surface area contributed by atoms with Crippen LogP contribution in [0.3, 0.4) is 0 Å². The molecule has 148 valence electrons. The minimum atomic E-state index is -3.62. The first-order chi connectivity index (χ1) is 12.9. The number of likely N-dealkylation sites (N-methyl/N-ethyl adjacent to an activating group) is 1. The number of carbonyl (C=O) groups is 1. The lowest BCUT2D eigenvalue weighted by atomic mass is 9.68. The number of hydrogen-bond donors (Lipinski definition) is 0. The summed E-state index contributed by atoms with van der Waals surface area (Å²) >= 11 is 0. The summed E-state index contributed by atoms with van der Waals surface area (Å²) in [7, 11) is -1.60. The molecule has 0 unspecified atom stereocenters. The lowest BCUT2D eigenvalue weighted by Crippen LogP contribution is -2.66. The normalized spacial score (nSPS) is 30.3. The van der Waals surface area contributed by atoms with Gasteiger partial charge in [0.2, 0.25) is 15.9 Å². The highest BCUT2D eigenvalue weighted by molar-refractivity contribution is 7.89. The van der Waals surface area contributed by atoms with Crippen LogP contribution < -0.4 is 0 Å². The molecule has 6 nitrogen and oxygen atoms in total.